The Morgan fingerprint density at radius 3 is 2.77 bits per heavy atom. The van der Waals surface area contributed by atoms with Crippen molar-refractivity contribution in [3.05, 3.63) is 12.2 Å². The van der Waals surface area contributed by atoms with Gasteiger partial charge in [0.05, 0.1) is 12.9 Å². The summed E-state index contributed by atoms with van der Waals surface area (Å²) in [5.74, 6) is 7.26. The van der Waals surface area contributed by atoms with Crippen LogP contribution in [0.2, 0.25) is 0 Å². The van der Waals surface area contributed by atoms with Gasteiger partial charge in [-0.2, -0.15) is 0 Å². The third-order valence-electron chi connectivity index (χ3n) is 4.81. The van der Waals surface area contributed by atoms with Crippen molar-refractivity contribution in [2.75, 3.05) is 12.3 Å². The Morgan fingerprint density at radius 2 is 2.08 bits per heavy atom. The molecule has 1 saturated heterocycles. The SMILES string of the molecule is Nc1nc(C#CCCC2CC2)nc2c1ncn2[C@@H]1O[C@H](CO)C(O)C1O. The molecule has 9 nitrogen and oxygen atoms in total. The number of fused-ring (bicyclic) bond motifs is 1. The molecule has 0 spiro atoms. The van der Waals surface area contributed by atoms with E-state index in [9.17, 15) is 15.3 Å². The van der Waals surface area contributed by atoms with Crippen LogP contribution in [0.15, 0.2) is 6.33 Å². The number of nitrogens with two attached hydrogens (primary N) is 1. The highest BCUT2D eigenvalue weighted by atomic mass is 16.6. The lowest BCUT2D eigenvalue weighted by Crippen LogP contribution is -2.33. The lowest BCUT2D eigenvalue weighted by Gasteiger charge is -2.16. The number of imidazole rings is 1. The fraction of sp³-hybridized carbons (Fsp3) is 0.588. The van der Waals surface area contributed by atoms with Crippen molar-refractivity contribution < 1.29 is 20.1 Å². The van der Waals surface area contributed by atoms with Gasteiger partial charge < -0.3 is 25.8 Å². The van der Waals surface area contributed by atoms with Gasteiger partial charge in [0.1, 0.15) is 23.8 Å². The number of hydrogen-bond donors (Lipinski definition) is 4. The summed E-state index contributed by atoms with van der Waals surface area (Å²) in [7, 11) is 0. The monoisotopic (exact) mass is 359 g/mol. The molecule has 1 saturated carbocycles. The van der Waals surface area contributed by atoms with Gasteiger partial charge in [0.15, 0.2) is 17.7 Å². The van der Waals surface area contributed by atoms with Crippen molar-refractivity contribution in [3.8, 4) is 11.8 Å². The van der Waals surface area contributed by atoms with Gasteiger partial charge in [-0.3, -0.25) is 4.57 Å². The largest absolute Gasteiger partial charge is 0.394 e. The fourth-order valence-corrected chi connectivity index (χ4v) is 3.11. The summed E-state index contributed by atoms with van der Waals surface area (Å²) in [5, 5.41) is 29.4. The van der Waals surface area contributed by atoms with E-state index in [0.29, 0.717) is 11.2 Å². The molecule has 4 atom stereocenters. The van der Waals surface area contributed by atoms with E-state index in [-0.39, 0.29) is 11.6 Å². The van der Waals surface area contributed by atoms with E-state index in [4.69, 9.17) is 10.5 Å². The molecule has 2 fully saturated rings. The van der Waals surface area contributed by atoms with Crippen molar-refractivity contribution in [2.45, 2.75) is 50.2 Å². The minimum absolute atomic E-state index is 0.187. The first-order valence-corrected chi connectivity index (χ1v) is 8.70. The van der Waals surface area contributed by atoms with Crippen LogP contribution >= 0.6 is 0 Å². The molecular formula is C17H21N5O4. The highest BCUT2D eigenvalue weighted by Gasteiger charge is 2.44. The molecule has 5 N–H and O–H groups in total. The summed E-state index contributed by atoms with van der Waals surface area (Å²) in [6.45, 7) is -0.407. The molecule has 4 rings (SSSR count). The second-order valence-electron chi connectivity index (χ2n) is 6.77. The zero-order valence-electron chi connectivity index (χ0n) is 14.1. The number of nitrogen functional groups attached to an aromatic ring is 1. The molecule has 0 aromatic carbocycles. The standard InChI is InChI=1S/C17H21N5O4/c18-15-12-16(21-11(20-15)4-2-1-3-9-5-6-9)22(8-19-12)17-14(25)13(24)10(7-23)26-17/h8-10,13-14,17,23-25H,1,3,5-7H2,(H2,18,20,21)/t10-,13?,14?,17-/m1/s1. The van der Waals surface area contributed by atoms with Crippen LogP contribution in [0.3, 0.4) is 0 Å². The van der Waals surface area contributed by atoms with Crippen LogP contribution < -0.4 is 5.73 Å². The molecule has 3 heterocycles. The molecule has 26 heavy (non-hydrogen) atoms. The number of aromatic nitrogens is 4. The van der Waals surface area contributed by atoms with Gasteiger partial charge >= 0.3 is 0 Å². The van der Waals surface area contributed by atoms with E-state index in [1.165, 1.54) is 23.7 Å². The molecule has 2 aliphatic rings. The Kier molecular flexibility index (Phi) is 4.50. The first-order valence-electron chi connectivity index (χ1n) is 8.70. The quantitative estimate of drug-likeness (QED) is 0.539. The van der Waals surface area contributed by atoms with Crippen LogP contribution in [-0.2, 0) is 4.74 Å². The van der Waals surface area contributed by atoms with Gasteiger partial charge in [0.2, 0.25) is 5.82 Å². The van der Waals surface area contributed by atoms with Crippen LogP contribution in [0.1, 0.15) is 37.7 Å². The normalized spacial score (nSPS) is 28.3. The lowest BCUT2D eigenvalue weighted by molar-refractivity contribution is -0.0511. The van der Waals surface area contributed by atoms with Crippen molar-refractivity contribution >= 4 is 17.0 Å². The minimum atomic E-state index is -1.23. The molecule has 2 unspecified atom stereocenters. The van der Waals surface area contributed by atoms with E-state index in [2.05, 4.69) is 26.8 Å². The highest BCUT2D eigenvalue weighted by Crippen LogP contribution is 2.33. The summed E-state index contributed by atoms with van der Waals surface area (Å²) in [6.07, 6.45) is 1.63. The van der Waals surface area contributed by atoms with Crippen LogP contribution in [0, 0.1) is 17.8 Å². The fourth-order valence-electron chi connectivity index (χ4n) is 3.11. The van der Waals surface area contributed by atoms with Gasteiger partial charge in [-0.15, -0.1) is 0 Å². The van der Waals surface area contributed by atoms with Crippen molar-refractivity contribution in [1.82, 2.24) is 19.5 Å². The Labute approximate surface area is 149 Å². The second-order valence-corrected chi connectivity index (χ2v) is 6.77. The molecule has 138 valence electrons. The number of anilines is 1. The maximum atomic E-state index is 10.2. The van der Waals surface area contributed by atoms with Crippen LogP contribution in [0.25, 0.3) is 11.2 Å². The highest BCUT2D eigenvalue weighted by molar-refractivity contribution is 5.82. The summed E-state index contributed by atoms with van der Waals surface area (Å²) in [6, 6.07) is 0. The first kappa shape index (κ1) is 17.2. The van der Waals surface area contributed by atoms with Gasteiger partial charge in [-0.1, -0.05) is 18.8 Å². The first-order chi connectivity index (χ1) is 12.6. The van der Waals surface area contributed by atoms with E-state index in [0.717, 1.165) is 18.8 Å². The maximum absolute atomic E-state index is 10.2. The zero-order chi connectivity index (χ0) is 18.3. The molecule has 1 aliphatic heterocycles. The average molecular weight is 359 g/mol. The van der Waals surface area contributed by atoms with Gasteiger partial charge in [-0.25, -0.2) is 15.0 Å². The molecule has 1 aliphatic carbocycles. The summed E-state index contributed by atoms with van der Waals surface area (Å²) in [4.78, 5) is 12.7. The molecule has 0 amide bonds. The molecule has 0 radical (unpaired) electrons. The predicted octanol–water partition coefficient (Wildman–Crippen LogP) is -0.438. The van der Waals surface area contributed by atoms with E-state index >= 15 is 0 Å². The van der Waals surface area contributed by atoms with Gasteiger partial charge in [0, 0.05) is 6.42 Å². The average Bonchev–Trinajstić information content (AvgIpc) is 3.29. The number of nitrogens with zero attached hydrogens (tertiary/aromatic N) is 4. The number of hydrogen-bond acceptors (Lipinski definition) is 8. The third-order valence-corrected chi connectivity index (χ3v) is 4.81. The van der Waals surface area contributed by atoms with Gasteiger partial charge in [-0.05, 0) is 18.3 Å². The number of ether oxygens (including phenoxy) is 1. The number of aliphatic hydroxyl groups excluding tert-OH is 3. The third kappa shape index (κ3) is 3.12. The Hall–Kier alpha value is -2.25. The minimum Gasteiger partial charge on any atom is -0.394 e. The maximum Gasteiger partial charge on any atom is 0.208 e. The van der Waals surface area contributed by atoms with Crippen molar-refractivity contribution in [3.63, 3.8) is 0 Å². The van der Waals surface area contributed by atoms with Crippen molar-refractivity contribution in [1.29, 1.82) is 0 Å². The smallest absolute Gasteiger partial charge is 0.208 e. The van der Waals surface area contributed by atoms with E-state index < -0.39 is 31.1 Å². The lowest BCUT2D eigenvalue weighted by atomic mass is 10.1. The van der Waals surface area contributed by atoms with Crippen LogP contribution in [-0.4, -0.2) is 59.8 Å². The predicted molar refractivity (Wildman–Crippen MR) is 91.6 cm³/mol. The Bertz CT molecular complexity index is 869. The topological polar surface area (TPSA) is 140 Å². The molecular weight excluding hydrogens is 338 g/mol. The molecule has 0 bridgehead atoms. The number of aliphatic hydroxyl groups is 3. The second kappa shape index (κ2) is 6.81. The van der Waals surface area contributed by atoms with E-state index in [1.54, 1.807) is 0 Å². The van der Waals surface area contributed by atoms with Crippen LogP contribution in [0.4, 0.5) is 5.82 Å². The Balaban J connectivity index is 1.63. The summed E-state index contributed by atoms with van der Waals surface area (Å²) < 4.78 is 7.01. The Morgan fingerprint density at radius 1 is 1.27 bits per heavy atom. The molecule has 2 aromatic rings. The molecule has 2 aromatic heterocycles. The molecule has 9 heteroatoms. The number of rotatable bonds is 4. The summed E-state index contributed by atoms with van der Waals surface area (Å²) in [5.41, 5.74) is 6.69. The zero-order valence-corrected chi connectivity index (χ0v) is 14.1. The van der Waals surface area contributed by atoms with Crippen LogP contribution in [0.5, 0.6) is 0 Å². The van der Waals surface area contributed by atoms with Gasteiger partial charge in [0.25, 0.3) is 0 Å². The van der Waals surface area contributed by atoms with E-state index in [1.807, 2.05) is 0 Å². The van der Waals surface area contributed by atoms with Crippen molar-refractivity contribution in [2.24, 2.45) is 5.92 Å². The summed E-state index contributed by atoms with van der Waals surface area (Å²) >= 11 is 0.